The van der Waals surface area contributed by atoms with Gasteiger partial charge in [-0.2, -0.15) is 0 Å². The summed E-state index contributed by atoms with van der Waals surface area (Å²) in [7, 11) is 0. The zero-order chi connectivity index (χ0) is 23.5. The number of nitrogens with one attached hydrogen (secondary N) is 1. The molecule has 1 spiro atoms. The molecule has 6 rings (SSSR count). The van der Waals surface area contributed by atoms with Crippen LogP contribution >= 0.6 is 11.6 Å². The van der Waals surface area contributed by atoms with E-state index in [1.165, 1.54) is 0 Å². The number of likely N-dealkylation sites (tertiary alicyclic amines) is 1. The second-order valence-corrected chi connectivity index (χ2v) is 11.2. The van der Waals surface area contributed by atoms with Gasteiger partial charge in [-0.15, -0.1) is 0 Å². The molecule has 182 valence electrons. The molecule has 1 N–H and O–H groups in total. The third-order valence-electron chi connectivity index (χ3n) is 8.72. The van der Waals surface area contributed by atoms with Crippen LogP contribution in [0.5, 0.6) is 0 Å². The smallest absolute Gasteiger partial charge is 0.229 e. The zero-order valence-electron chi connectivity index (χ0n) is 19.5. The van der Waals surface area contributed by atoms with Crippen molar-refractivity contribution in [1.29, 1.82) is 0 Å². The number of nitrogens with zero attached hydrogens (tertiary/aromatic N) is 2. The molecule has 4 aliphatic rings. The summed E-state index contributed by atoms with van der Waals surface area (Å²) in [6.07, 6.45) is 4.55. The maximum atomic E-state index is 14.5. The maximum Gasteiger partial charge on any atom is 0.229 e. The number of alkyl halides is 1. The summed E-state index contributed by atoms with van der Waals surface area (Å²) in [6, 6.07) is 6.04. The number of ether oxygens (including phenoxy) is 2. The average molecular weight is 488 g/mol. The van der Waals surface area contributed by atoms with Crippen LogP contribution in [0.1, 0.15) is 44.1 Å². The fourth-order valence-corrected chi connectivity index (χ4v) is 6.51. The van der Waals surface area contributed by atoms with Gasteiger partial charge in [0.1, 0.15) is 12.0 Å². The first kappa shape index (κ1) is 22.7. The van der Waals surface area contributed by atoms with Crippen molar-refractivity contribution in [3.8, 4) is 0 Å². The van der Waals surface area contributed by atoms with E-state index in [1.54, 1.807) is 6.20 Å². The summed E-state index contributed by atoms with van der Waals surface area (Å²) in [5.74, 6) is 0.950. The van der Waals surface area contributed by atoms with Crippen molar-refractivity contribution in [3.05, 3.63) is 35.0 Å². The number of anilines is 1. The number of amides is 1. The summed E-state index contributed by atoms with van der Waals surface area (Å²) >= 11 is 6.69. The first-order chi connectivity index (χ1) is 16.4. The van der Waals surface area contributed by atoms with Gasteiger partial charge in [-0.05, 0) is 80.8 Å². The quantitative estimate of drug-likeness (QED) is 0.685. The van der Waals surface area contributed by atoms with Crippen LogP contribution < -0.4 is 5.32 Å². The Bertz CT molecular complexity index is 1120. The predicted octanol–water partition coefficient (Wildman–Crippen LogP) is 4.56. The number of pyridine rings is 1. The highest BCUT2D eigenvalue weighted by molar-refractivity contribution is 6.32. The van der Waals surface area contributed by atoms with E-state index in [1.807, 2.05) is 19.1 Å². The molecule has 1 aromatic carbocycles. The molecule has 4 unspecified atom stereocenters. The molecule has 4 atom stereocenters. The van der Waals surface area contributed by atoms with Crippen molar-refractivity contribution in [3.63, 3.8) is 0 Å². The van der Waals surface area contributed by atoms with Gasteiger partial charge in [0, 0.05) is 34.5 Å². The lowest BCUT2D eigenvalue weighted by Gasteiger charge is -2.43. The topological polar surface area (TPSA) is 63.7 Å². The van der Waals surface area contributed by atoms with Crippen molar-refractivity contribution in [2.45, 2.75) is 50.2 Å². The number of carbonyl (C=O) groups excluding carboxylic acids is 1. The summed E-state index contributed by atoms with van der Waals surface area (Å²) in [6.45, 7) is 5.70. The minimum atomic E-state index is -0.943. The van der Waals surface area contributed by atoms with Gasteiger partial charge in [0.2, 0.25) is 5.91 Å². The second kappa shape index (κ2) is 8.40. The fraction of sp³-hybridized carbons (Fsp3) is 0.615. The van der Waals surface area contributed by atoms with Gasteiger partial charge in [-0.25, -0.2) is 9.37 Å². The largest absolute Gasteiger partial charge is 0.381 e. The van der Waals surface area contributed by atoms with Gasteiger partial charge in [0.15, 0.2) is 0 Å². The van der Waals surface area contributed by atoms with Gasteiger partial charge < -0.3 is 14.8 Å². The average Bonchev–Trinajstić information content (AvgIpc) is 3.14. The number of carbonyl (C=O) groups is 1. The number of rotatable bonds is 4. The van der Waals surface area contributed by atoms with Crippen LogP contribution in [-0.4, -0.2) is 67.0 Å². The van der Waals surface area contributed by atoms with E-state index in [9.17, 15) is 9.18 Å². The Labute approximate surface area is 204 Å². The molecular weight excluding hydrogens is 457 g/mol. The number of hydrogen-bond donors (Lipinski definition) is 1. The summed E-state index contributed by atoms with van der Waals surface area (Å²) in [4.78, 5) is 19.5. The van der Waals surface area contributed by atoms with Crippen molar-refractivity contribution in [2.24, 2.45) is 11.3 Å². The van der Waals surface area contributed by atoms with Crippen LogP contribution in [0.3, 0.4) is 0 Å². The fourth-order valence-electron chi connectivity index (χ4n) is 6.18. The Kier molecular flexibility index (Phi) is 5.60. The molecule has 34 heavy (non-hydrogen) atoms. The van der Waals surface area contributed by atoms with Crippen molar-refractivity contribution >= 4 is 34.1 Å². The number of halogens is 2. The molecule has 1 aromatic heterocycles. The van der Waals surface area contributed by atoms with E-state index >= 15 is 0 Å². The van der Waals surface area contributed by atoms with Crippen molar-refractivity contribution in [1.82, 2.24) is 9.88 Å². The first-order valence-electron chi connectivity index (χ1n) is 12.3. The Balaban J connectivity index is 1.16. The van der Waals surface area contributed by atoms with Crippen molar-refractivity contribution < 1.29 is 18.7 Å². The van der Waals surface area contributed by atoms with E-state index in [0.717, 1.165) is 66.7 Å². The number of benzene rings is 1. The molecule has 1 aliphatic carbocycles. The number of piperidine rings is 1. The lowest BCUT2D eigenvalue weighted by Crippen LogP contribution is -2.55. The van der Waals surface area contributed by atoms with E-state index in [4.69, 9.17) is 21.1 Å². The monoisotopic (exact) mass is 487 g/mol. The third kappa shape index (κ3) is 3.81. The first-order valence-corrected chi connectivity index (χ1v) is 12.7. The summed E-state index contributed by atoms with van der Waals surface area (Å²) < 4.78 is 25.4. The standard InChI is InChI=1S/C26H31ClFN3O3/c1-25(14-34-13-22(25)28)31-5-2-16(3-6-31)19-8-17-10-23(29-12-18(17)9-21(19)27)30-24(32)20-11-26(20)4-7-33-15-26/h8-10,12,16,20,22H,2-7,11,13-15H2,1H3,(H,29,30,32). The summed E-state index contributed by atoms with van der Waals surface area (Å²) in [5, 5.41) is 5.72. The Morgan fingerprint density at radius 1 is 1.21 bits per heavy atom. The molecule has 6 nitrogen and oxygen atoms in total. The number of fused-ring (bicyclic) bond motifs is 1. The van der Waals surface area contributed by atoms with Crippen LogP contribution in [0, 0.1) is 11.3 Å². The SMILES string of the molecule is CC1(N2CCC(c3cc4cc(NC(=O)C5CC56CCOC6)ncc4cc3Cl)CC2)COCC1F. The van der Waals surface area contributed by atoms with Gasteiger partial charge in [0.25, 0.3) is 0 Å². The Morgan fingerprint density at radius 2 is 2.03 bits per heavy atom. The van der Waals surface area contributed by atoms with Gasteiger partial charge in [-0.3, -0.25) is 9.69 Å². The molecule has 1 saturated carbocycles. The van der Waals surface area contributed by atoms with E-state index < -0.39 is 11.7 Å². The molecule has 0 bridgehead atoms. The van der Waals surface area contributed by atoms with E-state index in [0.29, 0.717) is 24.9 Å². The molecule has 3 aliphatic heterocycles. The lowest BCUT2D eigenvalue weighted by molar-refractivity contribution is -0.118. The molecule has 4 heterocycles. The number of hydrogen-bond acceptors (Lipinski definition) is 5. The zero-order valence-corrected chi connectivity index (χ0v) is 20.2. The molecule has 2 aromatic rings. The minimum Gasteiger partial charge on any atom is -0.381 e. The van der Waals surface area contributed by atoms with Gasteiger partial charge in [0.05, 0.1) is 25.4 Å². The van der Waals surface area contributed by atoms with E-state index in [2.05, 4.69) is 21.3 Å². The highest BCUT2D eigenvalue weighted by Gasteiger charge is 2.59. The van der Waals surface area contributed by atoms with Crippen LogP contribution in [-0.2, 0) is 14.3 Å². The highest BCUT2D eigenvalue weighted by atomic mass is 35.5. The van der Waals surface area contributed by atoms with Crippen LogP contribution in [0.2, 0.25) is 5.02 Å². The molecule has 3 saturated heterocycles. The normalized spacial score (nSPS) is 34.2. The lowest BCUT2D eigenvalue weighted by atomic mass is 9.85. The van der Waals surface area contributed by atoms with Gasteiger partial charge >= 0.3 is 0 Å². The molecule has 8 heteroatoms. The van der Waals surface area contributed by atoms with Crippen LogP contribution in [0.25, 0.3) is 10.8 Å². The van der Waals surface area contributed by atoms with Gasteiger partial charge in [-0.1, -0.05) is 11.6 Å². The molecular formula is C26H31ClFN3O3. The summed E-state index contributed by atoms with van der Waals surface area (Å²) in [5.41, 5.74) is 0.647. The molecule has 4 fully saturated rings. The van der Waals surface area contributed by atoms with Crippen LogP contribution in [0.4, 0.5) is 10.2 Å². The maximum absolute atomic E-state index is 14.5. The van der Waals surface area contributed by atoms with E-state index in [-0.39, 0.29) is 23.8 Å². The number of aromatic nitrogens is 1. The predicted molar refractivity (Wildman–Crippen MR) is 129 cm³/mol. The Morgan fingerprint density at radius 3 is 2.74 bits per heavy atom. The van der Waals surface area contributed by atoms with Crippen LogP contribution in [0.15, 0.2) is 24.4 Å². The second-order valence-electron chi connectivity index (χ2n) is 10.8. The Hall–Kier alpha value is -1.80. The highest BCUT2D eigenvalue weighted by Crippen LogP contribution is 2.58. The van der Waals surface area contributed by atoms with Crippen molar-refractivity contribution in [2.75, 3.05) is 44.8 Å². The molecule has 0 radical (unpaired) electrons. The third-order valence-corrected chi connectivity index (χ3v) is 9.05. The molecule has 1 amide bonds. The minimum absolute atomic E-state index is 0.0227.